The van der Waals surface area contributed by atoms with Gasteiger partial charge in [0.2, 0.25) is 0 Å². The van der Waals surface area contributed by atoms with Gasteiger partial charge in [0.05, 0.1) is 0 Å². The van der Waals surface area contributed by atoms with Crippen molar-refractivity contribution < 1.29 is 22.8 Å². The van der Waals surface area contributed by atoms with E-state index < -0.39 is 15.5 Å². The molecule has 5 nitrogen and oxygen atoms in total. The zero-order valence-electron chi connectivity index (χ0n) is 3.35. The molecule has 8 heteroatoms. The van der Waals surface area contributed by atoms with Crippen LogP contribution >= 0.6 is 17.5 Å². The fraction of sp³-hybridized carbons (Fsp3) is 0. The Balaban J connectivity index is 4.84. The third-order valence-electron chi connectivity index (χ3n) is 0.284. The molecule has 50 valence electrons. The summed E-state index contributed by atoms with van der Waals surface area (Å²) < 4.78 is 28.9. The largest absolute Gasteiger partial charge is 0.454 e. The molecule has 0 unspecified atom stereocenters. The second-order valence-corrected chi connectivity index (χ2v) is 7.44. The van der Waals surface area contributed by atoms with E-state index in [0.29, 0.717) is 0 Å². The fourth-order valence-electron chi connectivity index (χ4n) is 0. The van der Waals surface area contributed by atoms with Gasteiger partial charge >= 0.3 is 15.5 Å². The SMILES string of the molecule is O=P(O)(O)S(=O)(=O)Cl. The highest BCUT2D eigenvalue weighted by Gasteiger charge is 2.31. The first-order chi connectivity index (χ1) is 3.25. The lowest BCUT2D eigenvalue weighted by atomic mass is 15.8. The number of rotatable bonds is 1. The second kappa shape index (κ2) is 1.97. The molecule has 0 aliphatic rings. The van der Waals surface area contributed by atoms with Gasteiger partial charge in [-0.05, 0) is 0 Å². The van der Waals surface area contributed by atoms with Crippen LogP contribution in [0.2, 0.25) is 0 Å². The third kappa shape index (κ3) is 2.11. The molecule has 2 N–H and O–H groups in total. The van der Waals surface area contributed by atoms with Crippen LogP contribution in [0.15, 0.2) is 0 Å². The Hall–Kier alpha value is 0.390. The van der Waals surface area contributed by atoms with Gasteiger partial charge in [-0.15, -0.1) is 0 Å². The molecular weight excluding hydrogens is 178 g/mol. The first-order valence-corrected chi connectivity index (χ1v) is 5.78. The standard InChI is InChI=1S/ClH2O5PS/c1-8(5,6)7(2,3)4/h(H2,2,3,4). The molecule has 0 aromatic rings. The summed E-state index contributed by atoms with van der Waals surface area (Å²) in [6.07, 6.45) is 0. The maximum absolute atomic E-state index is 9.66. The van der Waals surface area contributed by atoms with Gasteiger partial charge in [0, 0.05) is 10.7 Å². The predicted octanol–water partition coefficient (Wildman–Crippen LogP) is -0.352. The van der Waals surface area contributed by atoms with Gasteiger partial charge in [0.1, 0.15) is 0 Å². The van der Waals surface area contributed by atoms with Crippen molar-refractivity contribution in [3.8, 4) is 0 Å². The molecule has 0 heterocycles. The normalized spacial score (nSPS) is 13.9. The maximum Gasteiger partial charge on any atom is 0.454 e. The quantitative estimate of drug-likeness (QED) is 0.425. The van der Waals surface area contributed by atoms with Crippen LogP contribution in [0.3, 0.4) is 0 Å². The smallest absolute Gasteiger partial charge is 0.312 e. The van der Waals surface area contributed by atoms with Crippen LogP contribution in [0.5, 0.6) is 0 Å². The first kappa shape index (κ1) is 8.39. The zero-order chi connectivity index (χ0) is 7.00. The molecule has 0 atom stereocenters. The highest BCUT2D eigenvalue weighted by atomic mass is 35.7. The summed E-state index contributed by atoms with van der Waals surface area (Å²) in [7, 11) is -0.483. The molecule has 0 amide bonds. The van der Waals surface area contributed by atoms with E-state index in [1.54, 1.807) is 0 Å². The number of hydrogen-bond acceptors (Lipinski definition) is 3. The minimum Gasteiger partial charge on any atom is -0.312 e. The summed E-state index contributed by atoms with van der Waals surface area (Å²) in [4.78, 5) is 15.5. The lowest BCUT2D eigenvalue weighted by Crippen LogP contribution is -1.88. The van der Waals surface area contributed by atoms with E-state index in [9.17, 15) is 13.0 Å². The van der Waals surface area contributed by atoms with Crippen molar-refractivity contribution >= 4 is 26.2 Å². The molecule has 0 aromatic carbocycles. The van der Waals surface area contributed by atoms with Crippen molar-refractivity contribution in [1.29, 1.82) is 0 Å². The lowest BCUT2D eigenvalue weighted by Gasteiger charge is -1.93. The van der Waals surface area contributed by atoms with Crippen LogP contribution in [-0.4, -0.2) is 18.2 Å². The summed E-state index contributed by atoms with van der Waals surface area (Å²) in [6, 6.07) is 0. The maximum atomic E-state index is 9.66. The molecule has 0 bridgehead atoms. The Morgan fingerprint density at radius 1 is 1.38 bits per heavy atom. The summed E-state index contributed by atoms with van der Waals surface area (Å²) in [6.45, 7) is -5.11. The van der Waals surface area contributed by atoms with Gasteiger partial charge in [-0.1, -0.05) is 0 Å². The summed E-state index contributed by atoms with van der Waals surface area (Å²) in [5.41, 5.74) is 0. The molecule has 8 heavy (non-hydrogen) atoms. The second-order valence-electron chi connectivity index (χ2n) is 0.903. The van der Waals surface area contributed by atoms with E-state index in [4.69, 9.17) is 9.79 Å². The summed E-state index contributed by atoms with van der Waals surface area (Å²) >= 11 is 0. The van der Waals surface area contributed by atoms with Crippen LogP contribution in [0.1, 0.15) is 0 Å². The molecule has 0 aliphatic carbocycles. The van der Waals surface area contributed by atoms with Crippen LogP contribution in [0, 0.1) is 0 Å². The van der Waals surface area contributed by atoms with Crippen LogP contribution in [-0.2, 0) is 13.2 Å². The average molecular weight is 181 g/mol. The van der Waals surface area contributed by atoms with Crippen molar-refractivity contribution in [2.24, 2.45) is 0 Å². The number of halogens is 1. The van der Waals surface area contributed by atoms with E-state index in [1.807, 2.05) is 0 Å². The minimum atomic E-state index is -5.11. The average Bonchev–Trinajstić information content (AvgIpc) is 1.25. The Bertz CT molecular complexity index is 207. The predicted molar refractivity (Wildman–Crippen MR) is 26.8 cm³/mol. The Labute approximate surface area is 49.6 Å². The van der Waals surface area contributed by atoms with Crippen LogP contribution in [0.25, 0.3) is 0 Å². The molecule has 0 aliphatic heterocycles. The van der Waals surface area contributed by atoms with Crippen molar-refractivity contribution in [2.75, 3.05) is 0 Å². The topological polar surface area (TPSA) is 91.7 Å². The Kier molecular flexibility index (Phi) is 2.06. The van der Waals surface area contributed by atoms with Gasteiger partial charge in [-0.3, -0.25) is 0 Å². The molecule has 0 radical (unpaired) electrons. The van der Waals surface area contributed by atoms with Gasteiger partial charge < -0.3 is 9.79 Å². The van der Waals surface area contributed by atoms with Crippen molar-refractivity contribution in [2.45, 2.75) is 0 Å². The van der Waals surface area contributed by atoms with E-state index in [-0.39, 0.29) is 0 Å². The van der Waals surface area contributed by atoms with Crippen LogP contribution in [0.4, 0.5) is 0 Å². The molecular formula is H2ClO5PS. The molecule has 0 spiro atoms. The van der Waals surface area contributed by atoms with Gasteiger partial charge in [-0.2, -0.15) is 8.42 Å². The monoisotopic (exact) mass is 180 g/mol. The van der Waals surface area contributed by atoms with Crippen molar-refractivity contribution in [3.63, 3.8) is 0 Å². The van der Waals surface area contributed by atoms with E-state index in [0.717, 1.165) is 0 Å². The summed E-state index contributed by atoms with van der Waals surface area (Å²) in [5, 5.41) is 0. The summed E-state index contributed by atoms with van der Waals surface area (Å²) in [5.74, 6) is 0. The van der Waals surface area contributed by atoms with Crippen molar-refractivity contribution in [1.82, 2.24) is 0 Å². The van der Waals surface area contributed by atoms with Gasteiger partial charge in [0.15, 0.2) is 0 Å². The molecule has 0 aromatic heterocycles. The van der Waals surface area contributed by atoms with Gasteiger partial charge in [-0.25, -0.2) is 4.57 Å². The van der Waals surface area contributed by atoms with Crippen molar-refractivity contribution in [3.05, 3.63) is 0 Å². The molecule has 0 saturated carbocycles. The number of hydrogen-bond donors (Lipinski definition) is 2. The molecule has 0 fully saturated rings. The fourth-order valence-corrected chi connectivity index (χ4v) is 0. The third-order valence-corrected chi connectivity index (χ3v) is 4.17. The molecule has 0 rings (SSSR count). The molecule has 0 saturated heterocycles. The first-order valence-electron chi connectivity index (χ1n) is 1.25. The highest BCUT2D eigenvalue weighted by molar-refractivity contribution is 8.60. The minimum absolute atomic E-state index is 4.22. The van der Waals surface area contributed by atoms with E-state index >= 15 is 0 Å². The Morgan fingerprint density at radius 3 is 1.50 bits per heavy atom. The lowest BCUT2D eigenvalue weighted by molar-refractivity contribution is 0.391. The highest BCUT2D eigenvalue weighted by Crippen LogP contribution is 2.45. The van der Waals surface area contributed by atoms with E-state index in [1.165, 1.54) is 0 Å². The van der Waals surface area contributed by atoms with Gasteiger partial charge in [0.25, 0.3) is 0 Å². The van der Waals surface area contributed by atoms with Crippen LogP contribution < -0.4 is 0 Å². The van der Waals surface area contributed by atoms with E-state index in [2.05, 4.69) is 10.7 Å². The Morgan fingerprint density at radius 2 is 1.50 bits per heavy atom. The zero-order valence-corrected chi connectivity index (χ0v) is 5.82.